The SMILES string of the molecule is CSc1ccc(C(C)Nc2ccnc(Cl)c2)cc1. The molecule has 4 heteroatoms. The van der Waals surface area contributed by atoms with Crippen molar-refractivity contribution in [2.24, 2.45) is 0 Å². The van der Waals surface area contributed by atoms with Crippen LogP contribution in [0.2, 0.25) is 5.15 Å². The van der Waals surface area contributed by atoms with Gasteiger partial charge in [-0.25, -0.2) is 4.98 Å². The summed E-state index contributed by atoms with van der Waals surface area (Å²) in [7, 11) is 0. The number of nitrogens with zero attached hydrogens (tertiary/aromatic N) is 1. The molecule has 1 heterocycles. The first kappa shape index (κ1) is 13.2. The Balaban J connectivity index is 2.09. The normalized spacial score (nSPS) is 12.2. The Labute approximate surface area is 117 Å². The molecule has 0 aliphatic carbocycles. The quantitative estimate of drug-likeness (QED) is 0.652. The van der Waals surface area contributed by atoms with Crippen LogP contribution in [0.15, 0.2) is 47.5 Å². The van der Waals surface area contributed by atoms with Gasteiger partial charge in [0.25, 0.3) is 0 Å². The van der Waals surface area contributed by atoms with E-state index in [1.165, 1.54) is 10.5 Å². The summed E-state index contributed by atoms with van der Waals surface area (Å²) in [6.07, 6.45) is 3.78. The van der Waals surface area contributed by atoms with E-state index in [-0.39, 0.29) is 6.04 Å². The third kappa shape index (κ3) is 3.40. The second-order valence-corrected chi connectivity index (χ2v) is 5.27. The molecular formula is C14H15ClN2S. The van der Waals surface area contributed by atoms with E-state index < -0.39 is 0 Å². The van der Waals surface area contributed by atoms with Crippen LogP contribution in [0.25, 0.3) is 0 Å². The Morgan fingerprint density at radius 3 is 2.56 bits per heavy atom. The predicted molar refractivity (Wildman–Crippen MR) is 79.5 cm³/mol. The smallest absolute Gasteiger partial charge is 0.131 e. The van der Waals surface area contributed by atoms with Crippen molar-refractivity contribution >= 4 is 29.1 Å². The molecule has 1 atom stereocenters. The molecule has 18 heavy (non-hydrogen) atoms. The Bertz CT molecular complexity index is 513. The number of pyridine rings is 1. The third-order valence-electron chi connectivity index (χ3n) is 2.73. The van der Waals surface area contributed by atoms with Gasteiger partial charge in [-0.1, -0.05) is 23.7 Å². The van der Waals surface area contributed by atoms with E-state index in [2.05, 4.69) is 47.7 Å². The standard InChI is InChI=1S/C14H15ClN2S/c1-10(11-3-5-13(18-2)6-4-11)17-12-7-8-16-14(15)9-12/h3-10H,1-2H3,(H,16,17). The van der Waals surface area contributed by atoms with Gasteiger partial charge in [0.2, 0.25) is 0 Å². The zero-order valence-corrected chi connectivity index (χ0v) is 11.9. The minimum absolute atomic E-state index is 0.236. The number of anilines is 1. The van der Waals surface area contributed by atoms with Crippen LogP contribution in [0.3, 0.4) is 0 Å². The summed E-state index contributed by atoms with van der Waals surface area (Å²) in [5, 5.41) is 3.91. The number of aromatic nitrogens is 1. The summed E-state index contributed by atoms with van der Waals surface area (Å²) in [5.41, 5.74) is 2.23. The maximum absolute atomic E-state index is 5.86. The monoisotopic (exact) mass is 278 g/mol. The van der Waals surface area contributed by atoms with Crippen LogP contribution in [0.5, 0.6) is 0 Å². The minimum Gasteiger partial charge on any atom is -0.378 e. The van der Waals surface area contributed by atoms with Crippen molar-refractivity contribution in [1.82, 2.24) is 4.98 Å². The molecule has 0 radical (unpaired) electrons. The molecule has 0 saturated heterocycles. The molecule has 2 aromatic rings. The fraction of sp³-hybridized carbons (Fsp3) is 0.214. The highest BCUT2D eigenvalue weighted by molar-refractivity contribution is 7.98. The fourth-order valence-corrected chi connectivity index (χ4v) is 2.30. The van der Waals surface area contributed by atoms with Gasteiger partial charge < -0.3 is 5.32 Å². The van der Waals surface area contributed by atoms with Crippen molar-refractivity contribution in [2.75, 3.05) is 11.6 Å². The Morgan fingerprint density at radius 2 is 1.94 bits per heavy atom. The predicted octanol–water partition coefficient (Wildman–Crippen LogP) is 4.63. The van der Waals surface area contributed by atoms with E-state index in [1.54, 1.807) is 18.0 Å². The zero-order valence-electron chi connectivity index (χ0n) is 10.4. The number of nitrogens with one attached hydrogen (secondary N) is 1. The molecule has 0 saturated carbocycles. The minimum atomic E-state index is 0.236. The number of hydrogen-bond acceptors (Lipinski definition) is 3. The highest BCUT2D eigenvalue weighted by atomic mass is 35.5. The van der Waals surface area contributed by atoms with Crippen LogP contribution in [-0.2, 0) is 0 Å². The topological polar surface area (TPSA) is 24.9 Å². The van der Waals surface area contributed by atoms with Crippen molar-refractivity contribution in [1.29, 1.82) is 0 Å². The first-order chi connectivity index (χ1) is 8.69. The molecule has 0 aliphatic rings. The van der Waals surface area contributed by atoms with Gasteiger partial charge in [-0.3, -0.25) is 0 Å². The van der Waals surface area contributed by atoms with Crippen molar-refractivity contribution in [3.8, 4) is 0 Å². The Kier molecular flexibility index (Phi) is 4.50. The molecule has 0 fully saturated rings. The first-order valence-corrected chi connectivity index (χ1v) is 7.31. The van der Waals surface area contributed by atoms with Gasteiger partial charge in [-0.05, 0) is 43.0 Å². The van der Waals surface area contributed by atoms with E-state index in [9.17, 15) is 0 Å². The highest BCUT2D eigenvalue weighted by Crippen LogP contribution is 2.22. The molecule has 0 bridgehead atoms. The number of benzene rings is 1. The lowest BCUT2D eigenvalue weighted by atomic mass is 10.1. The van der Waals surface area contributed by atoms with Crippen LogP contribution in [0.4, 0.5) is 5.69 Å². The van der Waals surface area contributed by atoms with E-state index in [1.807, 2.05) is 12.1 Å². The summed E-state index contributed by atoms with van der Waals surface area (Å²) in [4.78, 5) is 5.24. The molecule has 1 N–H and O–H groups in total. The molecule has 94 valence electrons. The number of thioether (sulfide) groups is 1. The molecule has 1 unspecified atom stereocenters. The lowest BCUT2D eigenvalue weighted by Crippen LogP contribution is -2.06. The summed E-state index contributed by atoms with van der Waals surface area (Å²) in [6.45, 7) is 2.13. The molecule has 2 rings (SSSR count). The van der Waals surface area contributed by atoms with Crippen molar-refractivity contribution in [2.45, 2.75) is 17.9 Å². The second-order valence-electron chi connectivity index (χ2n) is 4.01. The average Bonchev–Trinajstić information content (AvgIpc) is 2.39. The van der Waals surface area contributed by atoms with Crippen molar-refractivity contribution < 1.29 is 0 Å². The van der Waals surface area contributed by atoms with E-state index in [0.717, 1.165) is 5.69 Å². The average molecular weight is 279 g/mol. The summed E-state index contributed by atoms with van der Waals surface area (Å²) in [5.74, 6) is 0. The summed E-state index contributed by atoms with van der Waals surface area (Å²) >= 11 is 7.61. The largest absolute Gasteiger partial charge is 0.378 e. The molecule has 2 nitrogen and oxygen atoms in total. The van der Waals surface area contributed by atoms with Crippen LogP contribution in [-0.4, -0.2) is 11.2 Å². The van der Waals surface area contributed by atoms with Crippen LogP contribution in [0, 0.1) is 0 Å². The van der Waals surface area contributed by atoms with Crippen molar-refractivity contribution in [3.63, 3.8) is 0 Å². The molecular weight excluding hydrogens is 264 g/mol. The molecule has 1 aromatic carbocycles. The van der Waals surface area contributed by atoms with Crippen LogP contribution in [0.1, 0.15) is 18.5 Å². The van der Waals surface area contributed by atoms with Crippen LogP contribution >= 0.6 is 23.4 Å². The molecule has 0 spiro atoms. The number of rotatable bonds is 4. The van der Waals surface area contributed by atoms with Gasteiger partial charge in [0.1, 0.15) is 5.15 Å². The van der Waals surface area contributed by atoms with Gasteiger partial charge in [-0.2, -0.15) is 0 Å². The van der Waals surface area contributed by atoms with Gasteiger partial charge in [0.05, 0.1) is 0 Å². The highest BCUT2D eigenvalue weighted by Gasteiger charge is 2.05. The van der Waals surface area contributed by atoms with Gasteiger partial charge in [0, 0.05) is 22.8 Å². The Morgan fingerprint density at radius 1 is 1.22 bits per heavy atom. The zero-order chi connectivity index (χ0) is 13.0. The number of hydrogen-bond donors (Lipinski definition) is 1. The lowest BCUT2D eigenvalue weighted by molar-refractivity contribution is 0.882. The number of halogens is 1. The fourth-order valence-electron chi connectivity index (χ4n) is 1.72. The summed E-state index contributed by atoms with van der Waals surface area (Å²) in [6, 6.07) is 12.5. The van der Waals surface area contributed by atoms with Gasteiger partial charge in [0.15, 0.2) is 0 Å². The Hall–Kier alpha value is -1.19. The van der Waals surface area contributed by atoms with Gasteiger partial charge in [-0.15, -0.1) is 11.8 Å². The molecule has 0 aliphatic heterocycles. The second kappa shape index (κ2) is 6.12. The maximum Gasteiger partial charge on any atom is 0.131 e. The maximum atomic E-state index is 5.86. The van der Waals surface area contributed by atoms with Gasteiger partial charge >= 0.3 is 0 Å². The van der Waals surface area contributed by atoms with E-state index in [4.69, 9.17) is 11.6 Å². The van der Waals surface area contributed by atoms with Crippen molar-refractivity contribution in [3.05, 3.63) is 53.3 Å². The molecule has 0 amide bonds. The summed E-state index contributed by atoms with van der Waals surface area (Å²) < 4.78 is 0. The third-order valence-corrected chi connectivity index (χ3v) is 3.68. The first-order valence-electron chi connectivity index (χ1n) is 5.71. The lowest BCUT2D eigenvalue weighted by Gasteiger charge is -2.16. The molecule has 1 aromatic heterocycles. The van der Waals surface area contributed by atoms with E-state index >= 15 is 0 Å². The van der Waals surface area contributed by atoms with E-state index in [0.29, 0.717) is 5.15 Å². The van der Waals surface area contributed by atoms with Crippen LogP contribution < -0.4 is 5.32 Å².